The Hall–Kier alpha value is -12.6. The summed E-state index contributed by atoms with van der Waals surface area (Å²) in [5, 5.41) is 1.72. The molecule has 0 saturated carbocycles. The molecule has 12 nitrogen and oxygen atoms in total. The van der Waals surface area contributed by atoms with Crippen molar-refractivity contribution in [2.24, 2.45) is 74.2 Å². The number of benzene rings is 7. The van der Waals surface area contributed by atoms with Crippen LogP contribution in [0.25, 0.3) is 39.0 Å². The lowest BCUT2D eigenvalue weighted by Gasteiger charge is -2.36. The number of nitrogens with one attached hydrogen (secondary N) is 3. The number of carbonyl (C=O) groups is 2. The summed E-state index contributed by atoms with van der Waals surface area (Å²) in [7, 11) is 0. The van der Waals surface area contributed by atoms with Gasteiger partial charge in [0.2, 0.25) is 0 Å². The molecule has 0 fully saturated rings. The third-order valence-electron chi connectivity index (χ3n) is 28.2. The van der Waals surface area contributed by atoms with Gasteiger partial charge in [-0.2, -0.15) is 0 Å². The third-order valence-corrected chi connectivity index (χ3v) is 28.2. The molecule has 10 aromatic rings. The minimum absolute atomic E-state index is 0.0983. The fraction of sp³-hybridized carbons (Fsp3) is 0.308. The van der Waals surface area contributed by atoms with Crippen molar-refractivity contribution >= 4 is 67.8 Å². The van der Waals surface area contributed by atoms with E-state index < -0.39 is 0 Å². The molecule has 660 valence electrons. The number of allylic oxidation sites excluding steroid dienone is 14. The highest BCUT2D eigenvalue weighted by molar-refractivity contribution is 6.35. The van der Waals surface area contributed by atoms with Gasteiger partial charge in [-0.25, -0.2) is 15.0 Å². The molecule has 0 spiro atoms. The number of hydrogen-bond acceptors (Lipinski definition) is 8. The van der Waals surface area contributed by atoms with Gasteiger partial charge in [-0.15, -0.1) is 0 Å². The molecule has 3 N–H and O–H groups in total. The van der Waals surface area contributed by atoms with Crippen LogP contribution in [0.4, 0.5) is 0 Å². The minimum atomic E-state index is -0.269. The Balaban J connectivity index is 0.000000199. The average molecular weight is 1710 g/mol. The van der Waals surface area contributed by atoms with Crippen molar-refractivity contribution in [2.45, 2.75) is 134 Å². The largest absolute Gasteiger partial charge is 0.491 e. The van der Waals surface area contributed by atoms with Gasteiger partial charge in [0, 0.05) is 98.2 Å². The molecule has 7 aromatic carbocycles. The first kappa shape index (κ1) is 91.2. The Bertz CT molecular complexity index is 6120. The molecule has 2 aliphatic carbocycles. The Kier molecular flexibility index (Phi) is 30.7. The van der Waals surface area contributed by atoms with E-state index in [2.05, 4.69) is 309 Å². The highest BCUT2D eigenvalue weighted by Gasteiger charge is 2.33. The van der Waals surface area contributed by atoms with Crippen LogP contribution in [0.5, 0.6) is 11.5 Å². The number of H-pyrrole nitrogens is 3. The van der Waals surface area contributed by atoms with E-state index in [1.807, 2.05) is 72.8 Å². The molecule has 16 rings (SSSR count). The second kappa shape index (κ2) is 43.5. The smallest absolute Gasteiger partial charge is 0.270 e. The van der Waals surface area contributed by atoms with Gasteiger partial charge in [0.25, 0.3) is 5.91 Å². The Labute approximate surface area is 764 Å². The van der Waals surface area contributed by atoms with Crippen molar-refractivity contribution < 1.29 is 28.5 Å². The van der Waals surface area contributed by atoms with Crippen molar-refractivity contribution in [3.05, 3.63) is 398 Å². The zero-order chi connectivity index (χ0) is 89.9. The van der Waals surface area contributed by atoms with E-state index in [1.54, 1.807) is 12.2 Å². The number of aliphatic imine (C=N–C) groups is 3. The maximum absolute atomic E-state index is 12.5. The molecule has 4 aliphatic heterocycles. The lowest BCUT2D eigenvalue weighted by molar-refractivity contribution is -0.114. The monoisotopic (exact) mass is 1710 g/mol. The normalized spacial score (nSPS) is 17.9. The predicted molar refractivity (Wildman–Crippen MR) is 533 cm³/mol. The maximum Gasteiger partial charge on any atom is 0.270 e. The summed E-state index contributed by atoms with van der Waals surface area (Å²) in [5.41, 5.74) is 26.1. The van der Waals surface area contributed by atoms with Gasteiger partial charge in [0.1, 0.15) is 24.7 Å². The molecule has 0 radical (unpaired) electrons. The molecule has 129 heavy (non-hydrogen) atoms. The van der Waals surface area contributed by atoms with Crippen molar-refractivity contribution in [1.82, 2.24) is 15.0 Å². The standard InChI is InChI=1S/C62H65N3O2.C55H61N3O4/c1-7-41(3)43(5)52(44(6)42(4)8-2)36-37-66-38-39-67-51-28-26-48(27-29-51)62-57-33-31-54(64-57)60(46-20-14-10-15-21-46)50-25-24-49(40-50)59(45-18-12-9-13-19-45)53-30-32-55(63-53)61(47-22-16-11-17-23-47)56-34-35-58(62)65-56;1-7-36(3)38(5)46(39(6)37(4)8-2)31-32-61-33-34-62-45-23-20-42(21-24-45)55(49-26-25-47(56-49)53(40-15-11-9-12-16-40)43-19-22-44(59)35-43)50-28-27-48(57-50)54(41-17-13-10-14-18-41)51-29-30-52(60)58-51/h9-35,41-44,52,65H,7-8,36-40H2,1-6H3;9-30,36-39,46,56-57H,7-8,31-35H2,1-6H3/b;53-43-,54-48-,55-50-. The molecule has 7 heterocycles. The van der Waals surface area contributed by atoms with Crippen LogP contribution >= 0.6 is 0 Å². The molecule has 8 bridgehead atoms. The molecule has 8 atom stereocenters. The minimum Gasteiger partial charge on any atom is -0.491 e. The lowest BCUT2D eigenvalue weighted by Crippen LogP contribution is -2.29. The number of hydrogen-bond donors (Lipinski definition) is 3. The average Bonchev–Trinajstić information content (AvgIpc) is 1.61. The zero-order valence-electron chi connectivity index (χ0n) is 77.3. The van der Waals surface area contributed by atoms with E-state index in [0.717, 1.165) is 184 Å². The number of carbonyl (C=O) groups excluding carboxylic acids is 2. The van der Waals surface area contributed by atoms with Gasteiger partial charge in [-0.3, -0.25) is 9.59 Å². The van der Waals surface area contributed by atoms with Gasteiger partial charge >= 0.3 is 0 Å². The van der Waals surface area contributed by atoms with Crippen molar-refractivity contribution in [1.29, 1.82) is 0 Å². The van der Waals surface area contributed by atoms with Crippen LogP contribution in [-0.2, 0) is 19.1 Å². The van der Waals surface area contributed by atoms with Crippen molar-refractivity contribution in [3.8, 4) is 11.5 Å². The molecule has 1 amide bonds. The van der Waals surface area contributed by atoms with Gasteiger partial charge < -0.3 is 33.9 Å². The second-order valence-corrected chi connectivity index (χ2v) is 35.8. The van der Waals surface area contributed by atoms with Crippen LogP contribution in [-0.4, -0.2) is 83.4 Å². The highest BCUT2D eigenvalue weighted by atomic mass is 16.5. The molecule has 6 aliphatic rings. The molecule has 0 saturated heterocycles. The summed E-state index contributed by atoms with van der Waals surface area (Å²) in [5.74, 6) is 8.18. The van der Waals surface area contributed by atoms with Crippen molar-refractivity contribution in [2.75, 3.05) is 39.6 Å². The van der Waals surface area contributed by atoms with Gasteiger partial charge in [0.05, 0.1) is 41.7 Å². The van der Waals surface area contributed by atoms with Crippen LogP contribution in [0.15, 0.2) is 340 Å². The zero-order valence-corrected chi connectivity index (χ0v) is 77.3. The fourth-order valence-corrected chi connectivity index (χ4v) is 19.4. The van der Waals surface area contributed by atoms with Gasteiger partial charge in [-0.05, 0) is 231 Å². The summed E-state index contributed by atoms with van der Waals surface area (Å²) in [6.07, 6.45) is 28.2. The predicted octanol–water partition coefficient (Wildman–Crippen LogP) is 25.6. The number of aromatic nitrogens is 3. The molecule has 12 heteroatoms. The number of ether oxygens (including phenoxy) is 4. The second-order valence-electron chi connectivity index (χ2n) is 35.8. The quantitative estimate of drug-likeness (QED) is 0.0332. The van der Waals surface area contributed by atoms with Gasteiger partial charge in [0.15, 0.2) is 5.78 Å². The molecule has 8 unspecified atom stereocenters. The van der Waals surface area contributed by atoms with Gasteiger partial charge in [-0.1, -0.05) is 303 Å². The summed E-state index contributed by atoms with van der Waals surface area (Å²) >= 11 is 0. The molecular weight excluding hydrogens is 1590 g/mol. The number of fused-ring (bicyclic) bond motifs is 6. The van der Waals surface area contributed by atoms with Crippen LogP contribution in [0, 0.1) is 59.2 Å². The van der Waals surface area contributed by atoms with Crippen LogP contribution in [0.2, 0.25) is 0 Å². The Morgan fingerprint density at radius 1 is 0.333 bits per heavy atom. The van der Waals surface area contributed by atoms with E-state index in [9.17, 15) is 9.59 Å². The van der Waals surface area contributed by atoms with Crippen LogP contribution in [0.1, 0.15) is 196 Å². The third kappa shape index (κ3) is 21.7. The Morgan fingerprint density at radius 2 is 0.736 bits per heavy atom. The van der Waals surface area contributed by atoms with Crippen LogP contribution < -0.4 is 20.2 Å². The van der Waals surface area contributed by atoms with E-state index in [-0.39, 0.29) is 11.7 Å². The highest BCUT2D eigenvalue weighted by Crippen LogP contribution is 2.44. The lowest BCUT2D eigenvalue weighted by atomic mass is 9.70. The summed E-state index contributed by atoms with van der Waals surface area (Å²) in [6, 6.07) is 81.5. The van der Waals surface area contributed by atoms with E-state index in [1.165, 1.54) is 42.9 Å². The van der Waals surface area contributed by atoms with Crippen LogP contribution in [0.3, 0.4) is 0 Å². The van der Waals surface area contributed by atoms with Crippen molar-refractivity contribution in [3.63, 3.8) is 0 Å². The summed E-state index contributed by atoms with van der Waals surface area (Å²) in [4.78, 5) is 51.4. The maximum atomic E-state index is 12.5. The topological polar surface area (TPSA) is 156 Å². The van der Waals surface area contributed by atoms with E-state index >= 15 is 0 Å². The summed E-state index contributed by atoms with van der Waals surface area (Å²) in [6.45, 7) is 32.2. The molecular formula is C117H126N6O6. The SMILES string of the molecule is CCC(C)C(C)C(CCOCCOc1ccc(/C(c2ccc(/C(=C3/C=CC(=O)C3)c3ccccc3)[nH]2)=c2\cc/c(=C(/C3=NC(=O)C=C3)c3ccccc3)[nH]2)cc1)C(C)C(C)CC.CCC(C)C(C)C(CCOCCOc1ccc(C2=C3C=CC(=N3)C(c3ccccc3)=C3C=CC(=C(c4ccccc4)C4=NC(=C(c5ccccc5)c5ccc2[nH]5)C=C4)C3)cc1)C(C)C(C)CC. The Morgan fingerprint density at radius 3 is 1.16 bits per heavy atom. The number of aromatic amines is 3. The number of ketones is 1. The number of amides is 1. The number of nitrogens with zero attached hydrogens (tertiary/aromatic N) is 3. The number of rotatable bonds is 36. The molecule has 3 aromatic heterocycles. The van der Waals surface area contributed by atoms with E-state index in [4.69, 9.17) is 28.9 Å². The first-order chi connectivity index (χ1) is 62.9. The first-order valence-electron chi connectivity index (χ1n) is 47.1. The van der Waals surface area contributed by atoms with E-state index in [0.29, 0.717) is 97.7 Å². The first-order valence-corrected chi connectivity index (χ1v) is 47.1. The fourth-order valence-electron chi connectivity index (χ4n) is 19.4. The summed E-state index contributed by atoms with van der Waals surface area (Å²) < 4.78 is 24.9.